The van der Waals surface area contributed by atoms with Crippen LogP contribution in [0.4, 0.5) is 4.79 Å². The molecule has 0 bridgehead atoms. The number of rotatable bonds is 2. The number of ether oxygens (including phenoxy) is 1. The number of hydroxylamine groups is 2. The largest absolute Gasteiger partial charge is 0.534 e. The van der Waals surface area contributed by atoms with Crippen LogP contribution in [-0.4, -0.2) is 29.1 Å². The summed E-state index contributed by atoms with van der Waals surface area (Å²) >= 11 is 0. The molecule has 6 nitrogen and oxygen atoms in total. The van der Waals surface area contributed by atoms with Crippen molar-refractivity contribution in [2.45, 2.75) is 58.0 Å². The van der Waals surface area contributed by atoms with E-state index in [1.54, 1.807) is 0 Å². The van der Waals surface area contributed by atoms with Crippen LogP contribution in [0.3, 0.4) is 0 Å². The second kappa shape index (κ2) is 6.04. The van der Waals surface area contributed by atoms with Gasteiger partial charge in [-0.05, 0) is 31.6 Å². The van der Waals surface area contributed by atoms with Crippen LogP contribution in [-0.2, 0) is 19.2 Å². The zero-order valence-electron chi connectivity index (χ0n) is 11.1. The quantitative estimate of drug-likeness (QED) is 0.436. The predicted molar refractivity (Wildman–Crippen MR) is 64.7 cm³/mol. The van der Waals surface area contributed by atoms with Crippen molar-refractivity contribution >= 4 is 18.0 Å². The second-order valence-electron chi connectivity index (χ2n) is 5.28. The number of imide groups is 1. The molecular formula is C13H19NO5. The molecule has 1 saturated carbocycles. The van der Waals surface area contributed by atoms with E-state index in [2.05, 4.69) is 11.8 Å². The lowest BCUT2D eigenvalue weighted by Crippen LogP contribution is -2.33. The molecule has 6 heteroatoms. The maximum Gasteiger partial charge on any atom is 0.534 e. The molecule has 2 aliphatic rings. The molecule has 0 aromatic carbocycles. The van der Waals surface area contributed by atoms with Crippen LogP contribution < -0.4 is 0 Å². The Morgan fingerprint density at radius 1 is 1.11 bits per heavy atom. The number of carbonyl (C=O) groups excluding carboxylic acids is 3. The summed E-state index contributed by atoms with van der Waals surface area (Å²) in [4.78, 5) is 38.8. The van der Waals surface area contributed by atoms with Crippen LogP contribution in [0.5, 0.6) is 0 Å². The van der Waals surface area contributed by atoms with Crippen molar-refractivity contribution in [1.29, 1.82) is 0 Å². The van der Waals surface area contributed by atoms with Crippen molar-refractivity contribution in [3.8, 4) is 0 Å². The maximum atomic E-state index is 11.6. The first-order chi connectivity index (χ1) is 9.06. The summed E-state index contributed by atoms with van der Waals surface area (Å²) in [5, 5.41) is 0.516. The third-order valence-corrected chi connectivity index (χ3v) is 3.64. The Hall–Kier alpha value is -1.59. The zero-order chi connectivity index (χ0) is 13.8. The molecule has 2 fully saturated rings. The summed E-state index contributed by atoms with van der Waals surface area (Å²) < 4.78 is 5.17. The SMILES string of the molecule is CC1CCCC(OC(=O)ON2C(=O)CCC2=O)CC1. The average Bonchev–Trinajstić information content (AvgIpc) is 2.57. The minimum Gasteiger partial charge on any atom is -0.429 e. The van der Waals surface area contributed by atoms with Gasteiger partial charge in [0, 0.05) is 12.8 Å². The monoisotopic (exact) mass is 269 g/mol. The highest BCUT2D eigenvalue weighted by atomic mass is 16.8. The molecule has 2 unspecified atom stereocenters. The van der Waals surface area contributed by atoms with Gasteiger partial charge in [0.2, 0.25) is 0 Å². The van der Waals surface area contributed by atoms with E-state index in [4.69, 9.17) is 4.74 Å². The molecule has 0 aromatic heterocycles. The summed E-state index contributed by atoms with van der Waals surface area (Å²) in [6, 6.07) is 0. The van der Waals surface area contributed by atoms with Gasteiger partial charge in [-0.1, -0.05) is 18.4 Å². The molecule has 2 amide bonds. The molecule has 0 N–H and O–H groups in total. The van der Waals surface area contributed by atoms with Crippen molar-refractivity contribution in [2.75, 3.05) is 0 Å². The number of amides is 2. The summed E-state index contributed by atoms with van der Waals surface area (Å²) in [5.74, 6) is -0.334. The zero-order valence-corrected chi connectivity index (χ0v) is 11.1. The molecule has 1 aliphatic heterocycles. The first kappa shape index (κ1) is 13.8. The van der Waals surface area contributed by atoms with Gasteiger partial charge in [0.15, 0.2) is 0 Å². The fourth-order valence-electron chi connectivity index (χ4n) is 2.46. The molecule has 1 saturated heterocycles. The van der Waals surface area contributed by atoms with Crippen LogP contribution >= 0.6 is 0 Å². The lowest BCUT2D eigenvalue weighted by atomic mass is 10.0. The predicted octanol–water partition coefficient (Wildman–Crippen LogP) is 2.17. The third kappa shape index (κ3) is 3.68. The lowest BCUT2D eigenvalue weighted by Gasteiger charge is -2.17. The fourth-order valence-corrected chi connectivity index (χ4v) is 2.46. The summed E-state index contributed by atoms with van der Waals surface area (Å²) in [5.41, 5.74) is 0. The van der Waals surface area contributed by atoms with Crippen LogP contribution in [0, 0.1) is 5.92 Å². The second-order valence-corrected chi connectivity index (χ2v) is 5.28. The normalized spacial score (nSPS) is 28.2. The Morgan fingerprint density at radius 3 is 2.47 bits per heavy atom. The van der Waals surface area contributed by atoms with Gasteiger partial charge in [-0.25, -0.2) is 4.79 Å². The summed E-state index contributed by atoms with van der Waals surface area (Å²) in [6.07, 6.45) is 3.83. The molecular weight excluding hydrogens is 250 g/mol. The Morgan fingerprint density at radius 2 is 1.79 bits per heavy atom. The van der Waals surface area contributed by atoms with Gasteiger partial charge in [-0.2, -0.15) is 0 Å². The highest BCUT2D eigenvalue weighted by Crippen LogP contribution is 2.25. The van der Waals surface area contributed by atoms with Crippen molar-refractivity contribution in [3.05, 3.63) is 0 Å². The Kier molecular flexibility index (Phi) is 4.39. The van der Waals surface area contributed by atoms with Crippen LogP contribution in [0.25, 0.3) is 0 Å². The molecule has 2 rings (SSSR count). The summed E-state index contributed by atoms with van der Waals surface area (Å²) in [6.45, 7) is 2.18. The van der Waals surface area contributed by atoms with Crippen LogP contribution in [0.2, 0.25) is 0 Å². The van der Waals surface area contributed by atoms with Crippen molar-refractivity contribution < 1.29 is 24.0 Å². The van der Waals surface area contributed by atoms with E-state index in [-0.39, 0.29) is 18.9 Å². The molecule has 1 heterocycles. The molecule has 0 aromatic rings. The third-order valence-electron chi connectivity index (χ3n) is 3.64. The van der Waals surface area contributed by atoms with E-state index in [9.17, 15) is 14.4 Å². The average molecular weight is 269 g/mol. The molecule has 1 aliphatic carbocycles. The smallest absolute Gasteiger partial charge is 0.429 e. The van der Waals surface area contributed by atoms with E-state index >= 15 is 0 Å². The van der Waals surface area contributed by atoms with E-state index in [1.807, 2.05) is 0 Å². The van der Waals surface area contributed by atoms with Gasteiger partial charge >= 0.3 is 6.16 Å². The minimum atomic E-state index is -0.955. The standard InChI is InChI=1S/C13H19NO5/c1-9-3-2-4-10(6-5-9)18-13(17)19-14-11(15)7-8-12(14)16/h9-10H,2-8H2,1H3. The van der Waals surface area contributed by atoms with Crippen LogP contribution in [0.15, 0.2) is 0 Å². The molecule has 2 atom stereocenters. The fraction of sp³-hybridized carbons (Fsp3) is 0.769. The van der Waals surface area contributed by atoms with Gasteiger partial charge in [0.05, 0.1) is 0 Å². The lowest BCUT2D eigenvalue weighted by molar-refractivity contribution is -0.178. The van der Waals surface area contributed by atoms with E-state index in [0.29, 0.717) is 11.0 Å². The number of nitrogens with zero attached hydrogens (tertiary/aromatic N) is 1. The maximum absolute atomic E-state index is 11.6. The molecule has 0 radical (unpaired) electrons. The molecule has 19 heavy (non-hydrogen) atoms. The number of carbonyl (C=O) groups is 3. The van der Waals surface area contributed by atoms with Crippen molar-refractivity contribution in [2.24, 2.45) is 5.92 Å². The van der Waals surface area contributed by atoms with Gasteiger partial charge in [0.25, 0.3) is 11.8 Å². The van der Waals surface area contributed by atoms with E-state index < -0.39 is 18.0 Å². The van der Waals surface area contributed by atoms with E-state index in [1.165, 1.54) is 0 Å². The first-order valence-corrected chi connectivity index (χ1v) is 6.80. The minimum absolute atomic E-state index is 0.0903. The Balaban J connectivity index is 1.80. The highest BCUT2D eigenvalue weighted by Gasteiger charge is 2.34. The Labute approximate surface area is 112 Å². The highest BCUT2D eigenvalue weighted by molar-refractivity contribution is 6.01. The van der Waals surface area contributed by atoms with Gasteiger partial charge in [0.1, 0.15) is 6.10 Å². The molecule has 106 valence electrons. The molecule has 0 spiro atoms. The Bertz CT molecular complexity index is 365. The van der Waals surface area contributed by atoms with Crippen molar-refractivity contribution in [3.63, 3.8) is 0 Å². The van der Waals surface area contributed by atoms with E-state index in [0.717, 1.165) is 32.1 Å². The topological polar surface area (TPSA) is 72.9 Å². The van der Waals surface area contributed by atoms with Gasteiger partial charge < -0.3 is 4.74 Å². The first-order valence-electron chi connectivity index (χ1n) is 6.80. The summed E-state index contributed by atoms with van der Waals surface area (Å²) in [7, 11) is 0. The number of hydrogen-bond donors (Lipinski definition) is 0. The number of hydrogen-bond acceptors (Lipinski definition) is 5. The van der Waals surface area contributed by atoms with Gasteiger partial charge in [-0.15, -0.1) is 0 Å². The van der Waals surface area contributed by atoms with Gasteiger partial charge in [-0.3, -0.25) is 14.4 Å². The van der Waals surface area contributed by atoms with Crippen LogP contribution in [0.1, 0.15) is 51.9 Å². The van der Waals surface area contributed by atoms with Crippen molar-refractivity contribution in [1.82, 2.24) is 5.06 Å².